The summed E-state index contributed by atoms with van der Waals surface area (Å²) in [5.41, 5.74) is 0. The lowest BCUT2D eigenvalue weighted by Gasteiger charge is -2.14. The molecule has 1 saturated heterocycles. The smallest absolute Gasteiger partial charge is 0.192 e. The maximum absolute atomic E-state index is 9.01. The number of hydrogen-bond acceptors (Lipinski definition) is 6. The van der Waals surface area contributed by atoms with Gasteiger partial charge >= 0.3 is 0 Å². The van der Waals surface area contributed by atoms with Crippen molar-refractivity contribution in [2.45, 2.75) is 42.8 Å². The third-order valence-corrected chi connectivity index (χ3v) is 5.17. The molecule has 0 aliphatic carbocycles. The zero-order valence-corrected chi connectivity index (χ0v) is 13.4. The Hall–Kier alpha value is -1.36. The molecule has 2 atom stereocenters. The van der Waals surface area contributed by atoms with Gasteiger partial charge in [0.15, 0.2) is 11.0 Å². The molecule has 1 aliphatic heterocycles. The van der Waals surface area contributed by atoms with Crippen molar-refractivity contribution < 1.29 is 4.74 Å². The minimum Gasteiger partial charge on any atom is -0.376 e. The van der Waals surface area contributed by atoms with E-state index in [4.69, 9.17) is 10.00 Å². The van der Waals surface area contributed by atoms with Crippen molar-refractivity contribution in [2.24, 2.45) is 0 Å². The van der Waals surface area contributed by atoms with Crippen molar-refractivity contribution in [1.82, 2.24) is 14.8 Å². The van der Waals surface area contributed by atoms with E-state index in [-0.39, 0.29) is 11.4 Å². The third-order valence-electron chi connectivity index (χ3n) is 3.33. The molecule has 2 aromatic rings. The summed E-state index contributed by atoms with van der Waals surface area (Å²) in [4.78, 5) is 1.09. The fraction of sp³-hybridized carbons (Fsp3) is 0.500. The van der Waals surface area contributed by atoms with Crippen LogP contribution in [0, 0.1) is 11.3 Å². The molecule has 21 heavy (non-hydrogen) atoms. The molecule has 0 spiro atoms. The van der Waals surface area contributed by atoms with Crippen LogP contribution in [0.15, 0.2) is 22.7 Å². The molecule has 0 saturated carbocycles. The van der Waals surface area contributed by atoms with Crippen molar-refractivity contribution in [3.8, 4) is 16.8 Å². The molecular formula is C14H16N4OS2. The van der Waals surface area contributed by atoms with Crippen molar-refractivity contribution in [3.05, 3.63) is 17.5 Å². The van der Waals surface area contributed by atoms with Crippen LogP contribution in [0.1, 0.15) is 19.8 Å². The molecule has 110 valence electrons. The Balaban J connectivity index is 1.91. The fourth-order valence-electron chi connectivity index (χ4n) is 2.30. The number of nitrogens with zero attached hydrogens (tertiary/aromatic N) is 4. The van der Waals surface area contributed by atoms with Gasteiger partial charge in [-0.15, -0.1) is 21.5 Å². The zero-order valence-electron chi connectivity index (χ0n) is 11.7. The molecule has 0 aromatic carbocycles. The highest BCUT2D eigenvalue weighted by molar-refractivity contribution is 8.00. The van der Waals surface area contributed by atoms with E-state index in [0.717, 1.165) is 41.9 Å². The van der Waals surface area contributed by atoms with E-state index in [2.05, 4.69) is 20.8 Å². The molecule has 0 amide bonds. The van der Waals surface area contributed by atoms with E-state index in [1.54, 1.807) is 11.3 Å². The highest BCUT2D eigenvalue weighted by Gasteiger charge is 2.23. The number of rotatable bonds is 5. The van der Waals surface area contributed by atoms with E-state index in [1.165, 1.54) is 11.8 Å². The third kappa shape index (κ3) is 3.28. The SMILES string of the molecule is C[C@H](C#N)Sc1nnc(-c2cccs2)n1C[C@H]1CCCO1. The summed E-state index contributed by atoms with van der Waals surface area (Å²) in [5, 5.41) is 20.3. The van der Waals surface area contributed by atoms with Crippen LogP contribution < -0.4 is 0 Å². The monoisotopic (exact) mass is 320 g/mol. The van der Waals surface area contributed by atoms with Gasteiger partial charge in [0.2, 0.25) is 0 Å². The van der Waals surface area contributed by atoms with Gasteiger partial charge in [-0.1, -0.05) is 17.8 Å². The molecule has 5 nitrogen and oxygen atoms in total. The van der Waals surface area contributed by atoms with Gasteiger partial charge in [0.05, 0.1) is 28.8 Å². The maximum Gasteiger partial charge on any atom is 0.192 e. The second-order valence-electron chi connectivity index (χ2n) is 4.92. The van der Waals surface area contributed by atoms with Gasteiger partial charge in [0, 0.05) is 6.61 Å². The second-order valence-corrected chi connectivity index (χ2v) is 7.17. The molecule has 3 heterocycles. The van der Waals surface area contributed by atoms with Crippen LogP contribution >= 0.6 is 23.1 Å². The minimum absolute atomic E-state index is 0.145. The Morgan fingerprint density at radius 3 is 3.19 bits per heavy atom. The molecule has 0 unspecified atom stereocenters. The summed E-state index contributed by atoms with van der Waals surface area (Å²) in [5.74, 6) is 0.869. The molecule has 0 bridgehead atoms. The van der Waals surface area contributed by atoms with Crippen molar-refractivity contribution >= 4 is 23.1 Å². The molecule has 3 rings (SSSR count). The first-order valence-electron chi connectivity index (χ1n) is 6.93. The minimum atomic E-state index is -0.145. The van der Waals surface area contributed by atoms with Crippen LogP contribution in [0.4, 0.5) is 0 Å². The first kappa shape index (κ1) is 14.6. The van der Waals surface area contributed by atoms with E-state index in [1.807, 2.05) is 24.4 Å². The Morgan fingerprint density at radius 1 is 1.62 bits per heavy atom. The number of hydrogen-bond donors (Lipinski definition) is 0. The summed E-state index contributed by atoms with van der Waals surface area (Å²) < 4.78 is 7.84. The lowest BCUT2D eigenvalue weighted by atomic mass is 10.2. The first-order valence-corrected chi connectivity index (χ1v) is 8.69. The summed E-state index contributed by atoms with van der Waals surface area (Å²) in [6.45, 7) is 3.46. The fourth-order valence-corrected chi connectivity index (χ4v) is 3.77. The normalized spacial score (nSPS) is 19.5. The molecule has 1 fully saturated rings. The van der Waals surface area contributed by atoms with Crippen LogP contribution in [-0.2, 0) is 11.3 Å². The van der Waals surface area contributed by atoms with E-state index in [9.17, 15) is 0 Å². The van der Waals surface area contributed by atoms with Gasteiger partial charge in [-0.25, -0.2) is 0 Å². The van der Waals surface area contributed by atoms with Crippen molar-refractivity contribution in [3.63, 3.8) is 0 Å². The van der Waals surface area contributed by atoms with Crippen molar-refractivity contribution in [2.75, 3.05) is 6.61 Å². The highest BCUT2D eigenvalue weighted by atomic mass is 32.2. The Morgan fingerprint density at radius 2 is 2.52 bits per heavy atom. The predicted octanol–water partition coefficient (Wildman–Crippen LogP) is 3.19. The van der Waals surface area contributed by atoms with Crippen molar-refractivity contribution in [1.29, 1.82) is 5.26 Å². The number of thiophene rings is 1. The van der Waals surface area contributed by atoms with Crippen LogP contribution in [0.2, 0.25) is 0 Å². The van der Waals surface area contributed by atoms with Crippen LogP contribution in [0.5, 0.6) is 0 Å². The number of nitriles is 1. The quantitative estimate of drug-likeness (QED) is 0.792. The molecule has 7 heteroatoms. The summed E-state index contributed by atoms with van der Waals surface area (Å²) in [7, 11) is 0. The van der Waals surface area contributed by atoms with Gasteiger partial charge in [-0.05, 0) is 31.2 Å². The summed E-state index contributed by atoms with van der Waals surface area (Å²) in [6.07, 6.45) is 2.40. The Kier molecular flexibility index (Phi) is 4.58. The Bertz CT molecular complexity index is 626. The topological polar surface area (TPSA) is 63.7 Å². The van der Waals surface area contributed by atoms with E-state index >= 15 is 0 Å². The Labute approximate surface area is 131 Å². The lowest BCUT2D eigenvalue weighted by Crippen LogP contribution is -2.17. The van der Waals surface area contributed by atoms with Gasteiger partial charge in [-0.2, -0.15) is 5.26 Å². The molecule has 1 aliphatic rings. The van der Waals surface area contributed by atoms with Gasteiger partial charge < -0.3 is 4.74 Å². The van der Waals surface area contributed by atoms with Gasteiger partial charge in [0.25, 0.3) is 0 Å². The number of aromatic nitrogens is 3. The standard InChI is InChI=1S/C14H16N4OS2/c1-10(8-15)21-14-17-16-13(12-5-3-7-20-12)18(14)9-11-4-2-6-19-11/h3,5,7,10-11H,2,4,6,9H2,1H3/t10-,11-/m1/s1. The maximum atomic E-state index is 9.01. The largest absolute Gasteiger partial charge is 0.376 e. The molecule has 2 aromatic heterocycles. The van der Waals surface area contributed by atoms with Crippen LogP contribution in [-0.4, -0.2) is 32.7 Å². The predicted molar refractivity (Wildman–Crippen MR) is 83.2 cm³/mol. The number of thioether (sulfide) groups is 1. The second kappa shape index (κ2) is 6.60. The summed E-state index contributed by atoms with van der Waals surface area (Å²) in [6, 6.07) is 6.29. The molecule has 0 radical (unpaired) electrons. The average molecular weight is 320 g/mol. The van der Waals surface area contributed by atoms with E-state index < -0.39 is 0 Å². The number of ether oxygens (including phenoxy) is 1. The lowest BCUT2D eigenvalue weighted by molar-refractivity contribution is 0.0953. The van der Waals surface area contributed by atoms with Crippen LogP contribution in [0.3, 0.4) is 0 Å². The van der Waals surface area contributed by atoms with Crippen LogP contribution in [0.25, 0.3) is 10.7 Å². The van der Waals surface area contributed by atoms with Gasteiger partial charge in [-0.3, -0.25) is 4.57 Å². The average Bonchev–Trinajstić information content (AvgIpc) is 3.21. The first-order chi connectivity index (χ1) is 10.3. The summed E-state index contributed by atoms with van der Waals surface area (Å²) >= 11 is 3.10. The van der Waals surface area contributed by atoms with Gasteiger partial charge in [0.1, 0.15) is 0 Å². The zero-order chi connectivity index (χ0) is 14.7. The highest BCUT2D eigenvalue weighted by Crippen LogP contribution is 2.30. The molecular weight excluding hydrogens is 304 g/mol. The van der Waals surface area contributed by atoms with E-state index in [0.29, 0.717) is 0 Å². The molecule has 0 N–H and O–H groups in total.